The van der Waals surface area contributed by atoms with Gasteiger partial charge in [0.05, 0.1) is 5.56 Å². The molecule has 1 aromatic rings. The first-order valence-electron chi connectivity index (χ1n) is 6.09. The molecule has 2 N–H and O–H groups in total. The van der Waals surface area contributed by atoms with E-state index < -0.39 is 0 Å². The predicted octanol–water partition coefficient (Wildman–Crippen LogP) is 2.61. The lowest BCUT2D eigenvalue weighted by Gasteiger charge is -2.07. The second-order valence-corrected chi connectivity index (χ2v) is 6.24. The maximum Gasteiger partial charge on any atom is 0.252 e. The first kappa shape index (κ1) is 14.5. The van der Waals surface area contributed by atoms with Crippen LogP contribution in [-0.4, -0.2) is 24.4 Å². The number of hydrogen-bond acceptors (Lipinski definition) is 2. The fraction of sp³-hybridized carbons (Fsp3) is 0.385. The largest absolute Gasteiger partial charge is 0.353 e. The fourth-order valence-corrected chi connectivity index (χ4v) is 2.37. The SMILES string of the molecule is O=C(CCNC(=O)c1cc(Br)ccc1Br)NC1CC1. The lowest BCUT2D eigenvalue weighted by Crippen LogP contribution is -2.31. The Morgan fingerprint density at radius 2 is 2.00 bits per heavy atom. The van der Waals surface area contributed by atoms with E-state index in [-0.39, 0.29) is 11.8 Å². The smallest absolute Gasteiger partial charge is 0.252 e. The first-order chi connectivity index (χ1) is 9.06. The maximum absolute atomic E-state index is 11.9. The molecular formula is C13H14Br2N2O2. The number of halogens is 2. The van der Waals surface area contributed by atoms with Crippen molar-refractivity contribution >= 4 is 43.7 Å². The third kappa shape index (κ3) is 4.62. The molecule has 2 amide bonds. The summed E-state index contributed by atoms with van der Waals surface area (Å²) in [5, 5.41) is 5.62. The molecule has 0 aromatic heterocycles. The summed E-state index contributed by atoms with van der Waals surface area (Å²) in [5.74, 6) is -0.191. The Bertz CT molecular complexity index is 501. The second kappa shape index (κ2) is 6.52. The highest BCUT2D eigenvalue weighted by molar-refractivity contribution is 9.11. The molecule has 1 fully saturated rings. The van der Waals surface area contributed by atoms with Crippen LogP contribution in [0.1, 0.15) is 29.6 Å². The van der Waals surface area contributed by atoms with Crippen LogP contribution in [0.3, 0.4) is 0 Å². The number of hydrogen-bond donors (Lipinski definition) is 2. The zero-order valence-electron chi connectivity index (χ0n) is 10.2. The minimum absolute atomic E-state index is 0.00360. The molecule has 1 aliphatic rings. The molecule has 0 radical (unpaired) electrons. The van der Waals surface area contributed by atoms with Crippen molar-refractivity contribution < 1.29 is 9.59 Å². The Hall–Kier alpha value is -0.880. The number of nitrogens with one attached hydrogen (secondary N) is 2. The maximum atomic E-state index is 11.9. The van der Waals surface area contributed by atoms with Gasteiger partial charge in [0.2, 0.25) is 5.91 Å². The number of benzene rings is 1. The van der Waals surface area contributed by atoms with E-state index in [0.717, 1.165) is 21.8 Å². The van der Waals surface area contributed by atoms with Gasteiger partial charge < -0.3 is 10.6 Å². The van der Waals surface area contributed by atoms with E-state index in [4.69, 9.17) is 0 Å². The molecule has 0 spiro atoms. The van der Waals surface area contributed by atoms with Crippen LogP contribution in [0.25, 0.3) is 0 Å². The minimum atomic E-state index is -0.188. The monoisotopic (exact) mass is 388 g/mol. The summed E-state index contributed by atoms with van der Waals surface area (Å²) in [7, 11) is 0. The van der Waals surface area contributed by atoms with Gasteiger partial charge in [0.1, 0.15) is 0 Å². The van der Waals surface area contributed by atoms with Crippen LogP contribution in [0.2, 0.25) is 0 Å². The van der Waals surface area contributed by atoms with Crippen molar-refractivity contribution in [3.63, 3.8) is 0 Å². The van der Waals surface area contributed by atoms with Gasteiger partial charge in [-0.05, 0) is 47.0 Å². The molecule has 1 aliphatic carbocycles. The summed E-state index contributed by atoms with van der Waals surface area (Å²) in [6, 6.07) is 5.76. The molecule has 0 heterocycles. The van der Waals surface area contributed by atoms with Crippen molar-refractivity contribution in [3.8, 4) is 0 Å². The molecule has 0 atom stereocenters. The number of amides is 2. The normalized spacial score (nSPS) is 14.0. The summed E-state index contributed by atoms with van der Waals surface area (Å²) in [6.07, 6.45) is 2.46. The molecule has 0 aliphatic heterocycles. The van der Waals surface area contributed by atoms with Crippen molar-refractivity contribution in [2.45, 2.75) is 25.3 Å². The molecule has 0 saturated heterocycles. The van der Waals surface area contributed by atoms with E-state index in [0.29, 0.717) is 24.6 Å². The van der Waals surface area contributed by atoms with E-state index in [1.807, 2.05) is 6.07 Å². The Labute approximate surface area is 128 Å². The van der Waals surface area contributed by atoms with Crippen LogP contribution in [0, 0.1) is 0 Å². The van der Waals surface area contributed by atoms with Gasteiger partial charge in [0.25, 0.3) is 5.91 Å². The van der Waals surface area contributed by atoms with Gasteiger partial charge in [-0.15, -0.1) is 0 Å². The summed E-state index contributed by atoms with van der Waals surface area (Å²) in [4.78, 5) is 23.4. The zero-order chi connectivity index (χ0) is 13.8. The van der Waals surface area contributed by atoms with Gasteiger partial charge in [-0.25, -0.2) is 0 Å². The molecule has 4 nitrogen and oxygen atoms in total. The highest BCUT2D eigenvalue weighted by Crippen LogP contribution is 2.21. The third-order valence-electron chi connectivity index (χ3n) is 2.75. The first-order valence-corrected chi connectivity index (χ1v) is 7.67. The summed E-state index contributed by atoms with van der Waals surface area (Å²) in [5.41, 5.74) is 0.553. The molecule has 0 unspecified atom stereocenters. The summed E-state index contributed by atoms with van der Waals surface area (Å²) in [6.45, 7) is 0.344. The predicted molar refractivity (Wildman–Crippen MR) is 80.0 cm³/mol. The zero-order valence-corrected chi connectivity index (χ0v) is 13.4. The molecule has 19 heavy (non-hydrogen) atoms. The van der Waals surface area contributed by atoms with Gasteiger partial charge in [-0.3, -0.25) is 9.59 Å². The Morgan fingerprint density at radius 1 is 1.26 bits per heavy atom. The lowest BCUT2D eigenvalue weighted by molar-refractivity contribution is -0.121. The highest BCUT2D eigenvalue weighted by Gasteiger charge is 2.22. The van der Waals surface area contributed by atoms with Gasteiger partial charge >= 0.3 is 0 Å². The van der Waals surface area contributed by atoms with E-state index in [1.54, 1.807) is 12.1 Å². The minimum Gasteiger partial charge on any atom is -0.353 e. The quantitative estimate of drug-likeness (QED) is 0.813. The molecule has 0 bridgehead atoms. The molecular weight excluding hydrogens is 376 g/mol. The Kier molecular flexibility index (Phi) is 4.99. The van der Waals surface area contributed by atoms with Crippen LogP contribution in [0.15, 0.2) is 27.1 Å². The standard InChI is InChI=1S/C13H14Br2N2O2/c14-8-1-4-11(15)10(7-8)13(19)16-6-5-12(18)17-9-2-3-9/h1,4,7,9H,2-3,5-6H2,(H,16,19)(H,17,18). The van der Waals surface area contributed by atoms with Gasteiger partial charge in [0, 0.05) is 28.0 Å². The van der Waals surface area contributed by atoms with Gasteiger partial charge in [-0.1, -0.05) is 15.9 Å². The van der Waals surface area contributed by atoms with Gasteiger partial charge in [-0.2, -0.15) is 0 Å². The van der Waals surface area contributed by atoms with E-state index in [2.05, 4.69) is 42.5 Å². The number of rotatable bonds is 5. The van der Waals surface area contributed by atoms with Crippen LogP contribution in [0.4, 0.5) is 0 Å². The third-order valence-corrected chi connectivity index (χ3v) is 3.94. The Balaban J connectivity index is 1.80. The van der Waals surface area contributed by atoms with Gasteiger partial charge in [0.15, 0.2) is 0 Å². The van der Waals surface area contributed by atoms with Crippen LogP contribution in [-0.2, 0) is 4.79 Å². The Morgan fingerprint density at radius 3 is 2.68 bits per heavy atom. The molecule has 1 aromatic carbocycles. The van der Waals surface area contributed by atoms with Crippen molar-refractivity contribution in [2.24, 2.45) is 0 Å². The molecule has 102 valence electrons. The highest BCUT2D eigenvalue weighted by atomic mass is 79.9. The summed E-state index contributed by atoms with van der Waals surface area (Å²) < 4.78 is 1.57. The summed E-state index contributed by atoms with van der Waals surface area (Å²) >= 11 is 6.66. The van der Waals surface area contributed by atoms with E-state index in [1.165, 1.54) is 0 Å². The lowest BCUT2D eigenvalue weighted by atomic mass is 10.2. The van der Waals surface area contributed by atoms with Crippen LogP contribution < -0.4 is 10.6 Å². The number of carbonyl (C=O) groups is 2. The van der Waals surface area contributed by atoms with E-state index in [9.17, 15) is 9.59 Å². The molecule has 6 heteroatoms. The van der Waals surface area contributed by atoms with Crippen molar-refractivity contribution in [1.29, 1.82) is 0 Å². The van der Waals surface area contributed by atoms with Crippen LogP contribution in [0.5, 0.6) is 0 Å². The topological polar surface area (TPSA) is 58.2 Å². The van der Waals surface area contributed by atoms with Crippen molar-refractivity contribution in [3.05, 3.63) is 32.7 Å². The fourth-order valence-electron chi connectivity index (χ4n) is 1.58. The van der Waals surface area contributed by atoms with E-state index >= 15 is 0 Å². The molecule has 1 saturated carbocycles. The number of carbonyl (C=O) groups excluding carboxylic acids is 2. The average molecular weight is 390 g/mol. The second-order valence-electron chi connectivity index (χ2n) is 4.47. The van der Waals surface area contributed by atoms with Crippen molar-refractivity contribution in [1.82, 2.24) is 10.6 Å². The van der Waals surface area contributed by atoms with Crippen molar-refractivity contribution in [2.75, 3.05) is 6.54 Å². The molecule has 2 rings (SSSR count). The van der Waals surface area contributed by atoms with Crippen LogP contribution >= 0.6 is 31.9 Å². The average Bonchev–Trinajstić information content (AvgIpc) is 3.16.